The van der Waals surface area contributed by atoms with Crippen molar-refractivity contribution in [1.82, 2.24) is 5.32 Å². The van der Waals surface area contributed by atoms with Gasteiger partial charge in [-0.1, -0.05) is 13.8 Å². The summed E-state index contributed by atoms with van der Waals surface area (Å²) in [5.41, 5.74) is -1.02. The summed E-state index contributed by atoms with van der Waals surface area (Å²) in [6.07, 6.45) is -0.0213. The molecule has 0 rings (SSSR count). The number of hydrogen-bond acceptors (Lipinski definition) is 3. The molecule has 0 aliphatic carbocycles. The van der Waals surface area contributed by atoms with Crippen LogP contribution in [0.25, 0.3) is 0 Å². The number of carboxylic acids is 1. The number of carboxylic acid groups (broad SMARTS) is 1. The van der Waals surface area contributed by atoms with Crippen LogP contribution in [0.2, 0.25) is 0 Å². The smallest absolute Gasteiger partial charge is 0.309 e. The predicted octanol–water partition coefficient (Wildman–Crippen LogP) is 1.28. The van der Waals surface area contributed by atoms with Crippen molar-refractivity contribution in [3.8, 4) is 0 Å². The molecule has 2 N–H and O–H groups in total. The average Bonchev–Trinajstić information content (AvgIpc) is 2.15. The van der Waals surface area contributed by atoms with Crippen LogP contribution >= 0.6 is 0 Å². The molecule has 0 unspecified atom stereocenters. The van der Waals surface area contributed by atoms with Crippen molar-refractivity contribution in [2.75, 3.05) is 19.8 Å². The second-order valence-corrected chi connectivity index (χ2v) is 5.18. The summed E-state index contributed by atoms with van der Waals surface area (Å²) in [6, 6.07) is 0. The Bertz CT molecular complexity index is 261. The molecule has 0 spiro atoms. The van der Waals surface area contributed by atoms with Crippen molar-refractivity contribution >= 4 is 11.9 Å². The van der Waals surface area contributed by atoms with Gasteiger partial charge in [0.2, 0.25) is 5.91 Å². The lowest BCUT2D eigenvalue weighted by Gasteiger charge is -2.18. The van der Waals surface area contributed by atoms with Crippen LogP contribution in [0.3, 0.4) is 0 Å². The van der Waals surface area contributed by atoms with Crippen molar-refractivity contribution in [1.29, 1.82) is 0 Å². The van der Waals surface area contributed by atoms with Crippen LogP contribution in [-0.2, 0) is 14.3 Å². The van der Waals surface area contributed by atoms with Crippen LogP contribution < -0.4 is 5.32 Å². The third-order valence-electron chi connectivity index (χ3n) is 2.20. The summed E-state index contributed by atoms with van der Waals surface area (Å²) in [6.45, 7) is 8.70. The minimum atomic E-state index is -1.02. The number of nitrogens with one attached hydrogen (secondary N) is 1. The Balaban J connectivity index is 3.70. The molecule has 0 atom stereocenters. The van der Waals surface area contributed by atoms with Crippen LogP contribution in [0.4, 0.5) is 0 Å². The summed E-state index contributed by atoms with van der Waals surface area (Å²) < 4.78 is 5.29. The molecule has 100 valence electrons. The van der Waals surface area contributed by atoms with E-state index in [1.807, 2.05) is 13.8 Å². The molecule has 0 saturated carbocycles. The van der Waals surface area contributed by atoms with Crippen LogP contribution in [0.15, 0.2) is 0 Å². The molecule has 0 aromatic heterocycles. The Hall–Kier alpha value is -1.10. The largest absolute Gasteiger partial charge is 0.481 e. The first-order valence-electron chi connectivity index (χ1n) is 5.83. The molecule has 1 amide bonds. The van der Waals surface area contributed by atoms with E-state index in [1.165, 1.54) is 13.8 Å². The van der Waals surface area contributed by atoms with Gasteiger partial charge in [0.1, 0.15) is 0 Å². The monoisotopic (exact) mass is 245 g/mol. The Morgan fingerprint density at radius 2 is 1.94 bits per heavy atom. The second kappa shape index (κ2) is 7.27. The summed E-state index contributed by atoms with van der Waals surface area (Å²) in [5.74, 6) is -0.758. The minimum absolute atomic E-state index is 0.0213. The first-order chi connectivity index (χ1) is 7.75. The first kappa shape index (κ1) is 15.9. The van der Waals surface area contributed by atoms with Gasteiger partial charge >= 0.3 is 5.97 Å². The molecule has 0 fully saturated rings. The number of amides is 1. The van der Waals surface area contributed by atoms with Crippen molar-refractivity contribution in [3.63, 3.8) is 0 Å². The van der Waals surface area contributed by atoms with Crippen molar-refractivity contribution < 1.29 is 19.4 Å². The van der Waals surface area contributed by atoms with Gasteiger partial charge in [-0.2, -0.15) is 0 Å². The Morgan fingerprint density at radius 1 is 1.35 bits per heavy atom. The van der Waals surface area contributed by atoms with Crippen LogP contribution in [-0.4, -0.2) is 36.7 Å². The second-order valence-electron chi connectivity index (χ2n) is 5.18. The summed E-state index contributed by atoms with van der Waals surface area (Å²) >= 11 is 0. The van der Waals surface area contributed by atoms with Crippen molar-refractivity contribution in [3.05, 3.63) is 0 Å². The standard InChI is InChI=1S/C12H23NO4/c1-9(2)8-17-6-5-13-10(14)7-12(3,4)11(15)16/h9H,5-8H2,1-4H3,(H,13,14)(H,15,16). The highest BCUT2D eigenvalue weighted by Crippen LogP contribution is 2.19. The lowest BCUT2D eigenvalue weighted by molar-refractivity contribution is -0.149. The number of aliphatic carboxylic acids is 1. The highest BCUT2D eigenvalue weighted by Gasteiger charge is 2.29. The average molecular weight is 245 g/mol. The van der Waals surface area contributed by atoms with E-state index < -0.39 is 11.4 Å². The van der Waals surface area contributed by atoms with Gasteiger partial charge in [0, 0.05) is 19.6 Å². The molecule has 0 saturated heterocycles. The van der Waals surface area contributed by atoms with E-state index >= 15 is 0 Å². The lowest BCUT2D eigenvalue weighted by atomic mass is 9.89. The zero-order chi connectivity index (χ0) is 13.5. The number of carbonyl (C=O) groups is 2. The zero-order valence-electron chi connectivity index (χ0n) is 11.1. The van der Waals surface area contributed by atoms with Gasteiger partial charge in [-0.05, 0) is 19.8 Å². The molecular weight excluding hydrogens is 222 g/mol. The fourth-order valence-corrected chi connectivity index (χ4v) is 1.12. The molecule has 0 bridgehead atoms. The lowest BCUT2D eigenvalue weighted by Crippen LogP contribution is -2.34. The predicted molar refractivity (Wildman–Crippen MR) is 64.7 cm³/mol. The molecule has 5 nitrogen and oxygen atoms in total. The van der Waals surface area contributed by atoms with Crippen LogP contribution in [0.1, 0.15) is 34.1 Å². The molecule has 0 aliphatic rings. The number of rotatable bonds is 8. The fourth-order valence-electron chi connectivity index (χ4n) is 1.12. The summed E-state index contributed by atoms with van der Waals surface area (Å²) in [4.78, 5) is 22.2. The molecule has 5 heteroatoms. The summed E-state index contributed by atoms with van der Waals surface area (Å²) in [7, 11) is 0. The molecule has 0 radical (unpaired) electrons. The van der Waals surface area contributed by atoms with Crippen LogP contribution in [0, 0.1) is 11.3 Å². The topological polar surface area (TPSA) is 75.6 Å². The van der Waals surface area contributed by atoms with Crippen LogP contribution in [0.5, 0.6) is 0 Å². The van der Waals surface area contributed by atoms with E-state index in [-0.39, 0.29) is 12.3 Å². The van der Waals surface area contributed by atoms with Crippen molar-refractivity contribution in [2.24, 2.45) is 11.3 Å². The maximum Gasteiger partial charge on any atom is 0.309 e. The molecule has 0 aromatic carbocycles. The normalized spacial score (nSPS) is 11.6. The van der Waals surface area contributed by atoms with E-state index in [0.717, 1.165) is 0 Å². The maximum atomic E-state index is 11.4. The van der Waals surface area contributed by atoms with Gasteiger partial charge in [-0.25, -0.2) is 0 Å². The molecular formula is C12H23NO4. The molecule has 0 aliphatic heterocycles. The SMILES string of the molecule is CC(C)COCCNC(=O)CC(C)(C)C(=O)O. The fraction of sp³-hybridized carbons (Fsp3) is 0.833. The van der Waals surface area contributed by atoms with Gasteiger partial charge < -0.3 is 15.2 Å². The van der Waals surface area contributed by atoms with Gasteiger partial charge in [-0.15, -0.1) is 0 Å². The third-order valence-corrected chi connectivity index (χ3v) is 2.20. The van der Waals surface area contributed by atoms with E-state index in [9.17, 15) is 9.59 Å². The highest BCUT2D eigenvalue weighted by molar-refractivity contribution is 5.84. The maximum absolute atomic E-state index is 11.4. The molecule has 0 aromatic rings. The first-order valence-corrected chi connectivity index (χ1v) is 5.83. The molecule has 17 heavy (non-hydrogen) atoms. The highest BCUT2D eigenvalue weighted by atomic mass is 16.5. The van der Waals surface area contributed by atoms with E-state index in [0.29, 0.717) is 25.7 Å². The number of carbonyl (C=O) groups excluding carboxylic acids is 1. The van der Waals surface area contributed by atoms with Crippen molar-refractivity contribution in [2.45, 2.75) is 34.1 Å². The van der Waals surface area contributed by atoms with E-state index in [1.54, 1.807) is 0 Å². The summed E-state index contributed by atoms with van der Waals surface area (Å²) in [5, 5.41) is 11.5. The zero-order valence-corrected chi connectivity index (χ0v) is 11.1. The quantitative estimate of drug-likeness (QED) is 0.632. The van der Waals surface area contributed by atoms with Gasteiger partial charge in [0.15, 0.2) is 0 Å². The van der Waals surface area contributed by atoms with Gasteiger partial charge in [0.05, 0.1) is 12.0 Å². The minimum Gasteiger partial charge on any atom is -0.481 e. The third kappa shape index (κ3) is 7.74. The van der Waals surface area contributed by atoms with Gasteiger partial charge in [0.25, 0.3) is 0 Å². The molecule has 0 heterocycles. The Morgan fingerprint density at radius 3 is 2.41 bits per heavy atom. The van der Waals surface area contributed by atoms with E-state index in [4.69, 9.17) is 9.84 Å². The Labute approximate surface area is 103 Å². The Kier molecular flexibility index (Phi) is 6.80. The van der Waals surface area contributed by atoms with E-state index in [2.05, 4.69) is 5.32 Å². The number of hydrogen-bond donors (Lipinski definition) is 2. The van der Waals surface area contributed by atoms with Gasteiger partial charge in [-0.3, -0.25) is 9.59 Å². The number of ether oxygens (including phenoxy) is 1.